The zero-order chi connectivity index (χ0) is 25.9. The number of nitrogens with zero attached hydrogens (tertiary/aromatic N) is 4. The summed E-state index contributed by atoms with van der Waals surface area (Å²) in [6.07, 6.45) is -2.21. The maximum absolute atomic E-state index is 12.8. The Morgan fingerprint density at radius 2 is 1.92 bits per heavy atom. The molecule has 1 aromatic carbocycles. The summed E-state index contributed by atoms with van der Waals surface area (Å²) in [4.78, 5) is 20.2. The van der Waals surface area contributed by atoms with Gasteiger partial charge in [0.25, 0.3) is 0 Å². The lowest BCUT2D eigenvalue weighted by molar-refractivity contribution is -0.137. The monoisotopic (exact) mass is 502 g/mol. The first-order chi connectivity index (χ1) is 17.1. The molecular formula is C25H29F3N6O2. The lowest BCUT2D eigenvalue weighted by Crippen LogP contribution is -2.51. The number of pyridine rings is 1. The van der Waals surface area contributed by atoms with Gasteiger partial charge in [0.05, 0.1) is 17.5 Å². The summed E-state index contributed by atoms with van der Waals surface area (Å²) < 4.78 is 43.8. The van der Waals surface area contributed by atoms with E-state index in [1.165, 1.54) is 6.07 Å². The number of rotatable bonds is 6. The minimum Gasteiger partial charge on any atom is -0.410 e. The number of ether oxygens (including phenoxy) is 1. The molecule has 1 fully saturated rings. The maximum atomic E-state index is 12.8. The van der Waals surface area contributed by atoms with E-state index >= 15 is 0 Å². The highest BCUT2D eigenvalue weighted by atomic mass is 19.4. The number of aromatic nitrogens is 3. The number of hydrogen-bond donors (Lipinski definition) is 2. The van der Waals surface area contributed by atoms with E-state index in [1.54, 1.807) is 18.3 Å². The van der Waals surface area contributed by atoms with Crippen LogP contribution < -0.4 is 15.0 Å². The van der Waals surface area contributed by atoms with Crippen molar-refractivity contribution >= 4 is 11.9 Å². The fraction of sp³-hybridized carbons (Fsp3) is 0.400. The predicted molar refractivity (Wildman–Crippen MR) is 130 cm³/mol. The number of carbonyl (C=O) groups excluding carboxylic acids is 1. The Balaban J connectivity index is 1.37. The largest absolute Gasteiger partial charge is 0.417 e. The van der Waals surface area contributed by atoms with Crippen LogP contribution in [-0.4, -0.2) is 57.9 Å². The van der Waals surface area contributed by atoms with Crippen molar-refractivity contribution < 1.29 is 22.7 Å². The van der Waals surface area contributed by atoms with Gasteiger partial charge in [0.1, 0.15) is 11.6 Å². The molecule has 1 atom stereocenters. The molecule has 11 heteroatoms. The Hall–Kier alpha value is -3.60. The average Bonchev–Trinajstić information content (AvgIpc) is 3.27. The van der Waals surface area contributed by atoms with E-state index in [0.29, 0.717) is 24.7 Å². The molecule has 2 aromatic heterocycles. The number of piperazine rings is 1. The molecule has 192 valence electrons. The van der Waals surface area contributed by atoms with Crippen LogP contribution in [0.15, 0.2) is 48.8 Å². The van der Waals surface area contributed by atoms with Crippen LogP contribution in [0.5, 0.6) is 5.75 Å². The van der Waals surface area contributed by atoms with E-state index in [9.17, 15) is 18.0 Å². The highest BCUT2D eigenvalue weighted by Gasteiger charge is 2.32. The van der Waals surface area contributed by atoms with Crippen molar-refractivity contribution in [2.75, 3.05) is 24.5 Å². The Bertz CT molecular complexity index is 1160. The molecule has 2 N–H and O–H groups in total. The number of anilines is 1. The van der Waals surface area contributed by atoms with Crippen LogP contribution in [0.1, 0.15) is 31.9 Å². The number of H-pyrrole nitrogens is 1. The molecule has 8 nitrogen and oxygen atoms in total. The third-order valence-corrected chi connectivity index (χ3v) is 5.95. The summed E-state index contributed by atoms with van der Waals surface area (Å²) in [5.74, 6) is 0.989. The highest BCUT2D eigenvalue weighted by molar-refractivity contribution is 5.71. The summed E-state index contributed by atoms with van der Waals surface area (Å²) in [6.45, 7) is 8.53. The van der Waals surface area contributed by atoms with Crippen molar-refractivity contribution in [3.8, 4) is 17.0 Å². The number of benzene rings is 1. The lowest BCUT2D eigenvalue weighted by Gasteiger charge is -2.40. The summed E-state index contributed by atoms with van der Waals surface area (Å²) in [6, 6.07) is 9.77. The first-order valence-electron chi connectivity index (χ1n) is 11.7. The number of alkyl halides is 3. The standard InChI is InChI=1S/C25H29F3N6O2/c1-16(2)31-24(35)36-21-7-4-18(5-8-21)23-19(12-30-32-23)15-33-10-11-34(17(3)14-33)22-9-6-20(13-29-22)25(26,27)28/h4-9,12-13,16-17H,10-11,14-15H2,1-3H3,(H,30,32)(H,31,35)/t17-/m1/s1. The molecule has 0 spiro atoms. The summed E-state index contributed by atoms with van der Waals surface area (Å²) in [5.41, 5.74) is 2.07. The third kappa shape index (κ3) is 6.14. The topological polar surface area (TPSA) is 86.4 Å². The molecule has 3 heterocycles. The van der Waals surface area contributed by atoms with Gasteiger partial charge in [-0.2, -0.15) is 18.3 Å². The van der Waals surface area contributed by atoms with E-state index in [-0.39, 0.29) is 12.1 Å². The van der Waals surface area contributed by atoms with E-state index < -0.39 is 17.8 Å². The lowest BCUT2D eigenvalue weighted by atomic mass is 10.1. The van der Waals surface area contributed by atoms with Crippen LogP contribution in [0.2, 0.25) is 0 Å². The number of amides is 1. The van der Waals surface area contributed by atoms with Gasteiger partial charge in [0, 0.05) is 55.6 Å². The molecule has 3 aromatic rings. The number of nitrogens with one attached hydrogen (secondary N) is 2. The van der Waals surface area contributed by atoms with E-state index in [4.69, 9.17) is 4.74 Å². The SMILES string of the molecule is CC(C)NC(=O)Oc1ccc(-c2[nH]ncc2CN2CCN(c3ccc(C(F)(F)F)cn3)[C@H](C)C2)cc1. The smallest absolute Gasteiger partial charge is 0.410 e. The van der Waals surface area contributed by atoms with Gasteiger partial charge in [-0.25, -0.2) is 9.78 Å². The van der Waals surface area contributed by atoms with Crippen LogP contribution in [0.3, 0.4) is 0 Å². The zero-order valence-corrected chi connectivity index (χ0v) is 20.3. The Morgan fingerprint density at radius 3 is 2.53 bits per heavy atom. The summed E-state index contributed by atoms with van der Waals surface area (Å²) >= 11 is 0. The molecule has 0 radical (unpaired) electrons. The predicted octanol–water partition coefficient (Wildman–Crippen LogP) is 4.70. The van der Waals surface area contributed by atoms with Gasteiger partial charge >= 0.3 is 12.3 Å². The Morgan fingerprint density at radius 1 is 1.17 bits per heavy atom. The van der Waals surface area contributed by atoms with Crippen LogP contribution >= 0.6 is 0 Å². The highest BCUT2D eigenvalue weighted by Crippen LogP contribution is 2.30. The van der Waals surface area contributed by atoms with Crippen molar-refractivity contribution in [2.45, 2.75) is 45.6 Å². The average molecular weight is 503 g/mol. The van der Waals surface area contributed by atoms with Gasteiger partial charge in [-0.15, -0.1) is 0 Å². The molecule has 1 aliphatic heterocycles. The van der Waals surface area contributed by atoms with Crippen molar-refractivity contribution in [3.63, 3.8) is 0 Å². The summed E-state index contributed by atoms with van der Waals surface area (Å²) in [7, 11) is 0. The number of halogens is 3. The van der Waals surface area contributed by atoms with Crippen LogP contribution in [0.25, 0.3) is 11.3 Å². The van der Waals surface area contributed by atoms with E-state index in [0.717, 1.165) is 42.2 Å². The Kier molecular flexibility index (Phi) is 7.48. The second-order valence-electron chi connectivity index (χ2n) is 9.16. The maximum Gasteiger partial charge on any atom is 0.417 e. The molecular weight excluding hydrogens is 473 g/mol. The fourth-order valence-electron chi connectivity index (χ4n) is 4.22. The van der Waals surface area contributed by atoms with Crippen molar-refractivity contribution in [1.29, 1.82) is 0 Å². The fourth-order valence-corrected chi connectivity index (χ4v) is 4.22. The molecule has 0 unspecified atom stereocenters. The van der Waals surface area contributed by atoms with Crippen LogP contribution in [-0.2, 0) is 12.7 Å². The first kappa shape index (κ1) is 25.5. The van der Waals surface area contributed by atoms with Crippen molar-refractivity contribution in [2.24, 2.45) is 0 Å². The van der Waals surface area contributed by atoms with Gasteiger partial charge in [-0.3, -0.25) is 10.00 Å². The minimum absolute atomic E-state index is 0.0138. The number of carbonyl (C=O) groups is 1. The molecule has 0 saturated carbocycles. The quantitative estimate of drug-likeness (QED) is 0.508. The number of hydrogen-bond acceptors (Lipinski definition) is 6. The van der Waals surface area contributed by atoms with Crippen LogP contribution in [0.4, 0.5) is 23.8 Å². The van der Waals surface area contributed by atoms with Gasteiger partial charge in [0.15, 0.2) is 0 Å². The van der Waals surface area contributed by atoms with Gasteiger partial charge in [-0.1, -0.05) is 0 Å². The number of aromatic amines is 1. The zero-order valence-electron chi connectivity index (χ0n) is 20.3. The van der Waals surface area contributed by atoms with Gasteiger partial charge < -0.3 is 15.0 Å². The van der Waals surface area contributed by atoms with Crippen LogP contribution in [0, 0.1) is 0 Å². The minimum atomic E-state index is -4.39. The van der Waals surface area contributed by atoms with Gasteiger partial charge in [-0.05, 0) is 57.2 Å². The molecule has 1 aliphatic rings. The molecule has 0 aliphatic carbocycles. The molecule has 4 rings (SSSR count). The van der Waals surface area contributed by atoms with Gasteiger partial charge in [0.2, 0.25) is 0 Å². The second kappa shape index (κ2) is 10.6. The van der Waals surface area contributed by atoms with E-state index in [2.05, 4.69) is 25.4 Å². The molecule has 0 bridgehead atoms. The van der Waals surface area contributed by atoms with Crippen molar-refractivity contribution in [1.82, 2.24) is 25.4 Å². The first-order valence-corrected chi connectivity index (χ1v) is 11.7. The normalized spacial score (nSPS) is 16.9. The molecule has 1 saturated heterocycles. The molecule has 36 heavy (non-hydrogen) atoms. The van der Waals surface area contributed by atoms with E-state index in [1.807, 2.05) is 37.8 Å². The Labute approximate surface area is 207 Å². The van der Waals surface area contributed by atoms with Crippen molar-refractivity contribution in [3.05, 3.63) is 59.9 Å². The summed E-state index contributed by atoms with van der Waals surface area (Å²) in [5, 5.41) is 9.95. The molecule has 1 amide bonds. The second-order valence-corrected chi connectivity index (χ2v) is 9.16. The third-order valence-electron chi connectivity index (χ3n) is 5.95.